The Labute approximate surface area is 126 Å². The monoisotopic (exact) mass is 379 g/mol. The Bertz CT molecular complexity index is 504. The van der Waals surface area contributed by atoms with Crippen LogP contribution in [-0.2, 0) is 6.42 Å². The third kappa shape index (κ3) is 3.93. The maximum atomic E-state index is 5.26. The van der Waals surface area contributed by atoms with Crippen molar-refractivity contribution in [2.24, 2.45) is 0 Å². The molecule has 0 aliphatic rings. The smallest absolute Gasteiger partial charge is 0.257 e. The SMILES string of the molecule is CNC(C)Cc1noc(-c2cccc(I)c2)n1.Cl. The van der Waals surface area contributed by atoms with Gasteiger partial charge in [0.25, 0.3) is 5.89 Å². The van der Waals surface area contributed by atoms with E-state index < -0.39 is 0 Å². The maximum Gasteiger partial charge on any atom is 0.257 e. The zero-order valence-electron chi connectivity index (χ0n) is 10.2. The first-order valence-electron chi connectivity index (χ1n) is 5.45. The molecule has 0 saturated carbocycles. The number of benzene rings is 1. The molecule has 0 bridgehead atoms. The van der Waals surface area contributed by atoms with E-state index in [-0.39, 0.29) is 12.4 Å². The summed E-state index contributed by atoms with van der Waals surface area (Å²) in [5, 5.41) is 7.13. The van der Waals surface area contributed by atoms with E-state index in [0.29, 0.717) is 11.9 Å². The molecule has 1 N–H and O–H groups in total. The van der Waals surface area contributed by atoms with Crippen LogP contribution in [0.15, 0.2) is 28.8 Å². The van der Waals surface area contributed by atoms with E-state index in [2.05, 4.69) is 45.0 Å². The number of hydrogen-bond donors (Lipinski definition) is 1. The van der Waals surface area contributed by atoms with Crippen molar-refractivity contribution >= 4 is 35.0 Å². The molecule has 0 spiro atoms. The molecule has 0 radical (unpaired) electrons. The number of rotatable bonds is 4. The van der Waals surface area contributed by atoms with Crippen LogP contribution in [0.4, 0.5) is 0 Å². The van der Waals surface area contributed by atoms with E-state index in [1.807, 2.05) is 31.3 Å². The van der Waals surface area contributed by atoms with Gasteiger partial charge in [0.05, 0.1) is 0 Å². The molecule has 0 amide bonds. The lowest BCUT2D eigenvalue weighted by Crippen LogP contribution is -2.24. The first-order chi connectivity index (χ1) is 8.19. The van der Waals surface area contributed by atoms with Crippen LogP contribution in [0.25, 0.3) is 11.5 Å². The van der Waals surface area contributed by atoms with Crippen LogP contribution < -0.4 is 5.32 Å². The summed E-state index contributed by atoms with van der Waals surface area (Å²) in [7, 11) is 1.92. The zero-order valence-corrected chi connectivity index (χ0v) is 13.2. The number of nitrogens with one attached hydrogen (secondary N) is 1. The van der Waals surface area contributed by atoms with Crippen molar-refractivity contribution in [3.63, 3.8) is 0 Å². The lowest BCUT2D eigenvalue weighted by Gasteiger charge is -2.04. The van der Waals surface area contributed by atoms with Crippen LogP contribution in [-0.4, -0.2) is 23.2 Å². The summed E-state index contributed by atoms with van der Waals surface area (Å²) in [4.78, 5) is 4.39. The number of nitrogens with zero attached hydrogens (tertiary/aromatic N) is 2. The normalized spacial score (nSPS) is 11.9. The Hall–Kier alpha value is -0.660. The minimum atomic E-state index is 0. The minimum absolute atomic E-state index is 0. The van der Waals surface area contributed by atoms with Gasteiger partial charge in [-0.2, -0.15) is 4.98 Å². The maximum absolute atomic E-state index is 5.26. The second-order valence-corrected chi connectivity index (χ2v) is 5.17. The summed E-state index contributed by atoms with van der Waals surface area (Å²) in [6.45, 7) is 2.08. The highest BCUT2D eigenvalue weighted by atomic mass is 127. The molecular weight excluding hydrogens is 365 g/mol. The predicted molar refractivity (Wildman–Crippen MR) is 81.9 cm³/mol. The van der Waals surface area contributed by atoms with Crippen molar-refractivity contribution in [1.29, 1.82) is 0 Å². The molecule has 1 aromatic heterocycles. The van der Waals surface area contributed by atoms with Crippen molar-refractivity contribution in [2.75, 3.05) is 7.05 Å². The van der Waals surface area contributed by atoms with Gasteiger partial charge in [0.15, 0.2) is 5.82 Å². The number of likely N-dealkylation sites (N-methyl/N-ethyl adjacent to an activating group) is 1. The highest BCUT2D eigenvalue weighted by molar-refractivity contribution is 14.1. The Kier molecular flexibility index (Phi) is 6.04. The fourth-order valence-electron chi connectivity index (χ4n) is 1.45. The van der Waals surface area contributed by atoms with Gasteiger partial charge in [-0.25, -0.2) is 0 Å². The third-order valence-corrected chi connectivity index (χ3v) is 3.19. The van der Waals surface area contributed by atoms with Crippen LogP contribution in [0.1, 0.15) is 12.7 Å². The summed E-state index contributed by atoms with van der Waals surface area (Å²) >= 11 is 2.27. The van der Waals surface area contributed by atoms with Crippen molar-refractivity contribution in [3.8, 4) is 11.5 Å². The molecule has 1 atom stereocenters. The third-order valence-electron chi connectivity index (χ3n) is 2.52. The van der Waals surface area contributed by atoms with Gasteiger partial charge < -0.3 is 9.84 Å². The summed E-state index contributed by atoms with van der Waals surface area (Å²) in [6.07, 6.45) is 0.768. The Morgan fingerprint density at radius 3 is 2.89 bits per heavy atom. The van der Waals surface area contributed by atoms with E-state index in [4.69, 9.17) is 4.52 Å². The fourth-order valence-corrected chi connectivity index (χ4v) is 1.99. The average molecular weight is 380 g/mol. The molecule has 4 nitrogen and oxygen atoms in total. The minimum Gasteiger partial charge on any atom is -0.334 e. The van der Waals surface area contributed by atoms with Gasteiger partial charge in [0.1, 0.15) is 0 Å². The van der Waals surface area contributed by atoms with Gasteiger partial charge in [0.2, 0.25) is 0 Å². The molecule has 2 rings (SSSR count). The molecule has 1 aromatic carbocycles. The average Bonchev–Trinajstić information content (AvgIpc) is 2.77. The summed E-state index contributed by atoms with van der Waals surface area (Å²) in [5.41, 5.74) is 0.966. The summed E-state index contributed by atoms with van der Waals surface area (Å²) in [6, 6.07) is 8.36. The molecule has 0 fully saturated rings. The molecule has 0 saturated heterocycles. The van der Waals surface area contributed by atoms with Gasteiger partial charge in [-0.05, 0) is 54.8 Å². The summed E-state index contributed by atoms with van der Waals surface area (Å²) in [5.74, 6) is 1.32. The highest BCUT2D eigenvalue weighted by Crippen LogP contribution is 2.19. The first kappa shape index (κ1) is 15.4. The predicted octanol–water partition coefficient (Wildman–Crippen LogP) is 2.91. The van der Waals surface area contributed by atoms with E-state index in [9.17, 15) is 0 Å². The van der Waals surface area contributed by atoms with E-state index >= 15 is 0 Å². The van der Waals surface area contributed by atoms with Gasteiger partial charge in [-0.1, -0.05) is 11.2 Å². The number of halogens is 2. The van der Waals surface area contributed by atoms with Crippen LogP contribution in [0, 0.1) is 3.57 Å². The second kappa shape index (κ2) is 7.06. The van der Waals surface area contributed by atoms with Gasteiger partial charge in [-0.15, -0.1) is 12.4 Å². The van der Waals surface area contributed by atoms with Crippen LogP contribution in [0.3, 0.4) is 0 Å². The molecule has 2 aromatic rings. The molecular formula is C12H15ClIN3O. The molecule has 0 aliphatic heterocycles. The molecule has 6 heteroatoms. The van der Waals surface area contributed by atoms with Gasteiger partial charge in [0, 0.05) is 21.6 Å². The Balaban J connectivity index is 0.00000162. The van der Waals surface area contributed by atoms with Crippen molar-refractivity contribution in [3.05, 3.63) is 33.7 Å². The Morgan fingerprint density at radius 1 is 1.44 bits per heavy atom. The number of hydrogen-bond acceptors (Lipinski definition) is 4. The fraction of sp³-hybridized carbons (Fsp3) is 0.333. The van der Waals surface area contributed by atoms with Crippen LogP contribution in [0.2, 0.25) is 0 Å². The molecule has 1 heterocycles. The van der Waals surface area contributed by atoms with Crippen LogP contribution in [0.5, 0.6) is 0 Å². The van der Waals surface area contributed by atoms with Crippen molar-refractivity contribution in [1.82, 2.24) is 15.5 Å². The highest BCUT2D eigenvalue weighted by Gasteiger charge is 2.10. The van der Waals surface area contributed by atoms with Gasteiger partial charge >= 0.3 is 0 Å². The lowest BCUT2D eigenvalue weighted by atomic mass is 10.2. The first-order valence-corrected chi connectivity index (χ1v) is 6.52. The molecule has 1 unspecified atom stereocenters. The largest absolute Gasteiger partial charge is 0.334 e. The standard InChI is InChI=1S/C12H14IN3O.ClH/c1-8(14-2)6-11-15-12(17-16-11)9-4-3-5-10(13)7-9;/h3-5,7-8,14H,6H2,1-2H3;1H. The molecule has 18 heavy (non-hydrogen) atoms. The van der Waals surface area contributed by atoms with Crippen molar-refractivity contribution < 1.29 is 4.52 Å². The summed E-state index contributed by atoms with van der Waals surface area (Å²) < 4.78 is 6.41. The van der Waals surface area contributed by atoms with E-state index in [1.54, 1.807) is 0 Å². The Morgan fingerprint density at radius 2 is 2.22 bits per heavy atom. The quantitative estimate of drug-likeness (QED) is 0.830. The van der Waals surface area contributed by atoms with Crippen LogP contribution >= 0.6 is 35.0 Å². The van der Waals surface area contributed by atoms with Gasteiger partial charge in [-0.3, -0.25) is 0 Å². The lowest BCUT2D eigenvalue weighted by molar-refractivity contribution is 0.418. The van der Waals surface area contributed by atoms with Crippen molar-refractivity contribution in [2.45, 2.75) is 19.4 Å². The van der Waals surface area contributed by atoms with E-state index in [1.165, 1.54) is 0 Å². The zero-order chi connectivity index (χ0) is 12.3. The topological polar surface area (TPSA) is 51.0 Å². The second-order valence-electron chi connectivity index (χ2n) is 3.92. The van der Waals surface area contributed by atoms with E-state index in [0.717, 1.165) is 21.4 Å². The number of aromatic nitrogens is 2. The molecule has 98 valence electrons. The molecule has 0 aliphatic carbocycles.